The topological polar surface area (TPSA) is 33.4 Å². The zero-order valence-corrected chi connectivity index (χ0v) is 11.9. The zero-order chi connectivity index (χ0) is 14.9. The van der Waals surface area contributed by atoms with Crippen molar-refractivity contribution >= 4 is 11.0 Å². The number of phenols is 1. The van der Waals surface area contributed by atoms with Crippen LogP contribution in [-0.4, -0.2) is 5.11 Å². The van der Waals surface area contributed by atoms with Crippen molar-refractivity contribution in [2.75, 3.05) is 0 Å². The van der Waals surface area contributed by atoms with Crippen LogP contribution in [0.3, 0.4) is 0 Å². The molecular weight excluding hydrogens is 272 g/mol. The van der Waals surface area contributed by atoms with Gasteiger partial charge in [-0.1, -0.05) is 54.6 Å². The monoisotopic (exact) mass is 286 g/mol. The second-order valence-electron chi connectivity index (χ2n) is 5.27. The molecular formula is C20H14O2. The summed E-state index contributed by atoms with van der Waals surface area (Å²) in [7, 11) is 0. The largest absolute Gasteiger partial charge is 0.508 e. The van der Waals surface area contributed by atoms with Crippen molar-refractivity contribution in [1.29, 1.82) is 0 Å². The Morgan fingerprint density at radius 3 is 2.14 bits per heavy atom. The summed E-state index contributed by atoms with van der Waals surface area (Å²) in [6.07, 6.45) is 1.74. The third-order valence-corrected chi connectivity index (χ3v) is 3.86. The molecule has 0 saturated carbocycles. The van der Waals surface area contributed by atoms with Crippen molar-refractivity contribution in [1.82, 2.24) is 0 Å². The van der Waals surface area contributed by atoms with E-state index in [1.54, 1.807) is 24.5 Å². The molecule has 0 aliphatic heterocycles. The fourth-order valence-corrected chi connectivity index (χ4v) is 2.71. The Kier molecular flexibility index (Phi) is 2.94. The molecule has 0 spiro atoms. The maximum absolute atomic E-state index is 9.67. The van der Waals surface area contributed by atoms with Crippen molar-refractivity contribution in [3.05, 3.63) is 79.1 Å². The van der Waals surface area contributed by atoms with Gasteiger partial charge in [-0.25, -0.2) is 0 Å². The van der Waals surface area contributed by atoms with E-state index >= 15 is 0 Å². The van der Waals surface area contributed by atoms with E-state index in [4.69, 9.17) is 4.42 Å². The van der Waals surface area contributed by atoms with Gasteiger partial charge in [-0.15, -0.1) is 0 Å². The van der Waals surface area contributed by atoms with Gasteiger partial charge < -0.3 is 9.52 Å². The van der Waals surface area contributed by atoms with E-state index in [1.807, 2.05) is 18.2 Å². The van der Waals surface area contributed by atoms with Crippen molar-refractivity contribution in [3.63, 3.8) is 0 Å². The van der Waals surface area contributed by atoms with Crippen LogP contribution in [0.25, 0.3) is 33.2 Å². The Balaban J connectivity index is 1.78. The molecule has 0 aliphatic rings. The van der Waals surface area contributed by atoms with Gasteiger partial charge in [0.2, 0.25) is 0 Å². The summed E-state index contributed by atoms with van der Waals surface area (Å²) in [5.41, 5.74) is 5.22. The lowest BCUT2D eigenvalue weighted by Crippen LogP contribution is -1.79. The average Bonchev–Trinajstić information content (AvgIpc) is 2.99. The Morgan fingerprint density at radius 1 is 0.682 bits per heavy atom. The Morgan fingerprint density at radius 2 is 1.36 bits per heavy atom. The number of rotatable bonds is 2. The third kappa shape index (κ3) is 2.15. The molecule has 0 bridgehead atoms. The van der Waals surface area contributed by atoms with Crippen LogP contribution in [0.5, 0.6) is 5.75 Å². The summed E-state index contributed by atoms with van der Waals surface area (Å²) in [6, 6.07) is 23.8. The van der Waals surface area contributed by atoms with Crippen LogP contribution in [0.1, 0.15) is 0 Å². The molecule has 0 amide bonds. The van der Waals surface area contributed by atoms with Crippen molar-refractivity contribution in [3.8, 4) is 28.0 Å². The molecule has 1 N–H and O–H groups in total. The number of phenolic OH excluding ortho intramolecular Hbond substituents is 1. The highest BCUT2D eigenvalue weighted by Crippen LogP contribution is 2.33. The number of hydrogen-bond acceptors (Lipinski definition) is 2. The minimum Gasteiger partial charge on any atom is -0.508 e. The molecule has 0 saturated heterocycles. The highest BCUT2D eigenvalue weighted by Gasteiger charge is 2.09. The molecule has 0 radical (unpaired) electrons. The number of fused-ring (bicyclic) bond motifs is 1. The molecule has 0 aliphatic carbocycles. The molecule has 1 heterocycles. The van der Waals surface area contributed by atoms with Crippen LogP contribution in [0, 0.1) is 0 Å². The van der Waals surface area contributed by atoms with Gasteiger partial charge in [-0.2, -0.15) is 0 Å². The van der Waals surface area contributed by atoms with E-state index in [1.165, 1.54) is 11.1 Å². The highest BCUT2D eigenvalue weighted by atomic mass is 16.3. The van der Waals surface area contributed by atoms with Gasteiger partial charge in [0.25, 0.3) is 0 Å². The molecule has 2 heteroatoms. The molecule has 0 fully saturated rings. The van der Waals surface area contributed by atoms with Crippen LogP contribution < -0.4 is 0 Å². The number of furan rings is 1. The summed E-state index contributed by atoms with van der Waals surface area (Å²) in [6.45, 7) is 0. The Labute approximate surface area is 128 Å². The van der Waals surface area contributed by atoms with Crippen molar-refractivity contribution in [2.45, 2.75) is 0 Å². The number of benzene rings is 3. The first-order valence-corrected chi connectivity index (χ1v) is 7.17. The zero-order valence-electron chi connectivity index (χ0n) is 11.9. The van der Waals surface area contributed by atoms with E-state index in [-0.39, 0.29) is 5.75 Å². The SMILES string of the molecule is Oc1ccc2occ(-c3ccc(-c4ccccc4)cc3)c2c1. The van der Waals surface area contributed by atoms with Crippen molar-refractivity contribution in [2.24, 2.45) is 0 Å². The molecule has 1 aromatic heterocycles. The number of aromatic hydroxyl groups is 1. The molecule has 0 unspecified atom stereocenters. The van der Waals surface area contributed by atoms with E-state index in [0.29, 0.717) is 0 Å². The van der Waals surface area contributed by atoms with Gasteiger partial charge in [0.1, 0.15) is 11.3 Å². The lowest BCUT2D eigenvalue weighted by atomic mass is 10.00. The summed E-state index contributed by atoms with van der Waals surface area (Å²) in [4.78, 5) is 0. The van der Waals surface area contributed by atoms with E-state index < -0.39 is 0 Å². The fraction of sp³-hybridized carbons (Fsp3) is 0. The lowest BCUT2D eigenvalue weighted by Gasteiger charge is -2.04. The maximum atomic E-state index is 9.67. The van der Waals surface area contributed by atoms with Gasteiger partial charge in [-0.3, -0.25) is 0 Å². The molecule has 2 nitrogen and oxygen atoms in total. The summed E-state index contributed by atoms with van der Waals surface area (Å²) >= 11 is 0. The predicted molar refractivity (Wildman–Crippen MR) is 88.8 cm³/mol. The number of hydrogen-bond donors (Lipinski definition) is 1. The van der Waals surface area contributed by atoms with Gasteiger partial charge in [0, 0.05) is 10.9 Å². The molecule has 4 rings (SSSR count). The standard InChI is InChI=1S/C20H14O2/c21-17-10-11-20-18(12-17)19(13-22-20)16-8-6-15(7-9-16)14-4-2-1-3-5-14/h1-13,21H. The van der Waals surface area contributed by atoms with Gasteiger partial charge in [-0.05, 0) is 34.9 Å². The van der Waals surface area contributed by atoms with Crippen LogP contribution in [0.4, 0.5) is 0 Å². The summed E-state index contributed by atoms with van der Waals surface area (Å²) in [5, 5.41) is 10.6. The average molecular weight is 286 g/mol. The fourth-order valence-electron chi connectivity index (χ4n) is 2.71. The van der Waals surface area contributed by atoms with Gasteiger partial charge in [0.05, 0.1) is 6.26 Å². The first-order chi connectivity index (χ1) is 10.8. The summed E-state index contributed by atoms with van der Waals surface area (Å²) < 4.78 is 5.56. The molecule has 22 heavy (non-hydrogen) atoms. The van der Waals surface area contributed by atoms with Crippen LogP contribution in [0.2, 0.25) is 0 Å². The van der Waals surface area contributed by atoms with Crippen molar-refractivity contribution < 1.29 is 9.52 Å². The summed E-state index contributed by atoms with van der Waals surface area (Å²) in [5.74, 6) is 0.246. The molecule has 106 valence electrons. The second-order valence-corrected chi connectivity index (χ2v) is 5.27. The first-order valence-electron chi connectivity index (χ1n) is 7.17. The Bertz CT molecular complexity index is 919. The minimum absolute atomic E-state index is 0.246. The van der Waals surface area contributed by atoms with Crippen LogP contribution >= 0.6 is 0 Å². The molecule has 0 atom stereocenters. The smallest absolute Gasteiger partial charge is 0.134 e. The first kappa shape index (κ1) is 12.7. The molecule has 3 aromatic carbocycles. The van der Waals surface area contributed by atoms with E-state index in [2.05, 4.69) is 36.4 Å². The van der Waals surface area contributed by atoms with Gasteiger partial charge in [0.15, 0.2) is 0 Å². The van der Waals surface area contributed by atoms with Crippen LogP contribution in [0.15, 0.2) is 83.5 Å². The maximum Gasteiger partial charge on any atom is 0.134 e. The second kappa shape index (κ2) is 5.08. The van der Waals surface area contributed by atoms with E-state index in [0.717, 1.165) is 22.1 Å². The van der Waals surface area contributed by atoms with Crippen LogP contribution in [-0.2, 0) is 0 Å². The highest BCUT2D eigenvalue weighted by molar-refractivity contribution is 5.95. The minimum atomic E-state index is 0.246. The Hall–Kier alpha value is -3.00. The van der Waals surface area contributed by atoms with E-state index in [9.17, 15) is 5.11 Å². The van der Waals surface area contributed by atoms with Gasteiger partial charge >= 0.3 is 0 Å². The third-order valence-electron chi connectivity index (χ3n) is 3.86. The lowest BCUT2D eigenvalue weighted by molar-refractivity contribution is 0.476. The molecule has 4 aromatic rings. The quantitative estimate of drug-likeness (QED) is 0.530. The predicted octanol–water partition coefficient (Wildman–Crippen LogP) is 5.47. The normalized spacial score (nSPS) is 10.9.